The van der Waals surface area contributed by atoms with E-state index in [1.807, 2.05) is 24.5 Å². The van der Waals surface area contributed by atoms with Crippen molar-refractivity contribution in [2.45, 2.75) is 31.8 Å². The lowest BCUT2D eigenvalue weighted by Gasteiger charge is -2.26. The third-order valence-corrected chi connectivity index (χ3v) is 3.28. The van der Waals surface area contributed by atoms with Gasteiger partial charge < -0.3 is 15.5 Å². The zero-order valence-electron chi connectivity index (χ0n) is 9.19. The van der Waals surface area contributed by atoms with Gasteiger partial charge in [-0.15, -0.1) is 0 Å². The molecule has 1 aliphatic carbocycles. The Morgan fingerprint density at radius 3 is 3.06 bits per heavy atom. The lowest BCUT2D eigenvalue weighted by molar-refractivity contribution is 0.336. The van der Waals surface area contributed by atoms with E-state index in [1.54, 1.807) is 0 Å². The first-order valence-electron chi connectivity index (χ1n) is 5.78. The molecule has 4 nitrogen and oxygen atoms in total. The molecule has 84 valence electrons. The highest BCUT2D eigenvalue weighted by atomic mass is 15.0. The summed E-state index contributed by atoms with van der Waals surface area (Å²) in [5.41, 5.74) is 8.68. The fourth-order valence-electron chi connectivity index (χ4n) is 2.04. The maximum absolute atomic E-state index is 5.78. The molecule has 0 aliphatic heterocycles. The molecule has 0 bridgehead atoms. The summed E-state index contributed by atoms with van der Waals surface area (Å²) in [5.74, 6) is 0. The summed E-state index contributed by atoms with van der Waals surface area (Å²) in [5, 5.41) is 3.53. The quantitative estimate of drug-likeness (QED) is 0.818. The lowest BCUT2D eigenvalue weighted by atomic mass is 9.93. The van der Waals surface area contributed by atoms with Crippen LogP contribution in [-0.4, -0.2) is 15.4 Å². The first-order valence-corrected chi connectivity index (χ1v) is 5.78. The van der Waals surface area contributed by atoms with Gasteiger partial charge in [-0.25, -0.2) is 4.98 Å². The Balaban J connectivity index is 1.82. The Hall–Kier alpha value is -1.55. The molecule has 0 aromatic carbocycles. The van der Waals surface area contributed by atoms with Gasteiger partial charge in [-0.2, -0.15) is 0 Å². The van der Waals surface area contributed by atoms with Crippen LogP contribution < -0.4 is 11.1 Å². The highest BCUT2D eigenvalue weighted by Crippen LogP contribution is 2.19. The minimum Gasteiger partial charge on any atom is -0.398 e. The summed E-state index contributed by atoms with van der Waals surface area (Å²) in [7, 11) is 0. The molecule has 0 spiro atoms. The van der Waals surface area contributed by atoms with Crippen LogP contribution >= 0.6 is 0 Å². The zero-order chi connectivity index (χ0) is 11.0. The second-order valence-electron chi connectivity index (χ2n) is 4.45. The average molecular weight is 216 g/mol. The minimum absolute atomic E-state index is 0.701. The molecule has 0 radical (unpaired) electrons. The standard InChI is InChI=1S/C12H16N4/c13-9-4-5-12-15-7-11(16(12)8-9)6-14-10-2-1-3-10/h4-5,7-8,10,14H,1-3,6,13H2. The number of aromatic nitrogens is 2. The van der Waals surface area contributed by atoms with E-state index in [2.05, 4.69) is 14.7 Å². The van der Waals surface area contributed by atoms with Crippen molar-refractivity contribution >= 4 is 11.3 Å². The number of nitrogens with zero attached hydrogens (tertiary/aromatic N) is 2. The van der Waals surface area contributed by atoms with Gasteiger partial charge >= 0.3 is 0 Å². The second-order valence-corrected chi connectivity index (χ2v) is 4.45. The van der Waals surface area contributed by atoms with Crippen molar-refractivity contribution in [2.24, 2.45) is 0 Å². The van der Waals surface area contributed by atoms with Crippen molar-refractivity contribution in [3.8, 4) is 0 Å². The van der Waals surface area contributed by atoms with E-state index in [0.29, 0.717) is 6.04 Å². The molecule has 0 unspecified atom stereocenters. The molecule has 4 heteroatoms. The van der Waals surface area contributed by atoms with Gasteiger partial charge in [-0.3, -0.25) is 0 Å². The maximum atomic E-state index is 5.78. The van der Waals surface area contributed by atoms with Gasteiger partial charge in [-0.1, -0.05) is 6.42 Å². The number of nitrogen functional groups attached to an aromatic ring is 1. The fraction of sp³-hybridized carbons (Fsp3) is 0.417. The highest BCUT2D eigenvalue weighted by Gasteiger charge is 2.16. The maximum Gasteiger partial charge on any atom is 0.137 e. The Morgan fingerprint density at radius 1 is 1.44 bits per heavy atom. The molecule has 1 aliphatic rings. The molecule has 1 fully saturated rings. The van der Waals surface area contributed by atoms with Crippen LogP contribution in [0.4, 0.5) is 5.69 Å². The van der Waals surface area contributed by atoms with E-state index in [0.717, 1.165) is 17.9 Å². The molecular formula is C12H16N4. The van der Waals surface area contributed by atoms with Crippen LogP contribution in [0.2, 0.25) is 0 Å². The molecule has 2 aromatic rings. The van der Waals surface area contributed by atoms with E-state index in [9.17, 15) is 0 Å². The summed E-state index contributed by atoms with van der Waals surface area (Å²) in [4.78, 5) is 4.35. The Kier molecular flexibility index (Phi) is 2.29. The summed E-state index contributed by atoms with van der Waals surface area (Å²) >= 11 is 0. The molecule has 1 saturated carbocycles. The van der Waals surface area contributed by atoms with Crippen LogP contribution in [0.15, 0.2) is 24.5 Å². The third kappa shape index (κ3) is 1.65. The number of imidazole rings is 1. The molecular weight excluding hydrogens is 200 g/mol. The SMILES string of the molecule is Nc1ccc2ncc(CNC3CCC3)n2c1. The summed E-state index contributed by atoms with van der Waals surface area (Å²) in [6.07, 6.45) is 7.82. The van der Waals surface area contributed by atoms with E-state index < -0.39 is 0 Å². The lowest BCUT2D eigenvalue weighted by Crippen LogP contribution is -2.34. The third-order valence-electron chi connectivity index (χ3n) is 3.28. The van der Waals surface area contributed by atoms with Crippen molar-refractivity contribution in [3.05, 3.63) is 30.2 Å². The number of nitrogens with one attached hydrogen (secondary N) is 1. The summed E-state index contributed by atoms with van der Waals surface area (Å²) in [6, 6.07) is 4.53. The van der Waals surface area contributed by atoms with Crippen LogP contribution in [0.1, 0.15) is 25.0 Å². The number of rotatable bonds is 3. The number of hydrogen-bond acceptors (Lipinski definition) is 3. The van der Waals surface area contributed by atoms with Gasteiger partial charge in [-0.05, 0) is 25.0 Å². The molecule has 3 rings (SSSR count). The predicted molar refractivity (Wildman–Crippen MR) is 64.1 cm³/mol. The van der Waals surface area contributed by atoms with Crippen LogP contribution in [0.3, 0.4) is 0 Å². The van der Waals surface area contributed by atoms with E-state index in [1.165, 1.54) is 25.0 Å². The Morgan fingerprint density at radius 2 is 2.31 bits per heavy atom. The number of nitrogens with two attached hydrogens (primary N) is 1. The van der Waals surface area contributed by atoms with Crippen molar-refractivity contribution < 1.29 is 0 Å². The van der Waals surface area contributed by atoms with Crippen LogP contribution in [-0.2, 0) is 6.54 Å². The molecule has 3 N–H and O–H groups in total. The Labute approximate surface area is 94.5 Å². The molecule has 16 heavy (non-hydrogen) atoms. The molecule has 2 aromatic heterocycles. The van der Waals surface area contributed by atoms with Crippen molar-refractivity contribution in [1.29, 1.82) is 0 Å². The van der Waals surface area contributed by atoms with Crippen LogP contribution in [0, 0.1) is 0 Å². The van der Waals surface area contributed by atoms with Crippen molar-refractivity contribution in [3.63, 3.8) is 0 Å². The second kappa shape index (κ2) is 3.79. The van der Waals surface area contributed by atoms with E-state index in [4.69, 9.17) is 5.73 Å². The monoisotopic (exact) mass is 216 g/mol. The predicted octanol–water partition coefficient (Wildman–Crippen LogP) is 1.56. The van der Waals surface area contributed by atoms with Gasteiger partial charge in [0.1, 0.15) is 5.65 Å². The summed E-state index contributed by atoms with van der Waals surface area (Å²) in [6.45, 7) is 0.870. The number of fused-ring (bicyclic) bond motifs is 1. The largest absolute Gasteiger partial charge is 0.398 e. The number of anilines is 1. The normalized spacial score (nSPS) is 16.5. The molecule has 0 amide bonds. The number of hydrogen-bond donors (Lipinski definition) is 2. The van der Waals surface area contributed by atoms with Gasteiger partial charge in [0.25, 0.3) is 0 Å². The molecule has 0 saturated heterocycles. The number of pyridine rings is 1. The van der Waals surface area contributed by atoms with Gasteiger partial charge in [0.05, 0.1) is 11.9 Å². The first-order chi connectivity index (χ1) is 7.83. The van der Waals surface area contributed by atoms with Gasteiger partial charge in [0.2, 0.25) is 0 Å². The fourth-order valence-corrected chi connectivity index (χ4v) is 2.04. The Bertz CT molecular complexity index is 499. The zero-order valence-corrected chi connectivity index (χ0v) is 9.19. The highest BCUT2D eigenvalue weighted by molar-refractivity contribution is 5.48. The van der Waals surface area contributed by atoms with Crippen LogP contribution in [0.25, 0.3) is 5.65 Å². The smallest absolute Gasteiger partial charge is 0.137 e. The summed E-state index contributed by atoms with van der Waals surface area (Å²) < 4.78 is 2.06. The van der Waals surface area contributed by atoms with Crippen molar-refractivity contribution in [2.75, 3.05) is 5.73 Å². The van der Waals surface area contributed by atoms with Gasteiger partial charge in [0, 0.05) is 24.5 Å². The molecule has 0 atom stereocenters. The van der Waals surface area contributed by atoms with E-state index in [-0.39, 0.29) is 0 Å². The molecule has 2 heterocycles. The van der Waals surface area contributed by atoms with Crippen LogP contribution in [0.5, 0.6) is 0 Å². The topological polar surface area (TPSA) is 55.3 Å². The minimum atomic E-state index is 0.701. The van der Waals surface area contributed by atoms with Gasteiger partial charge in [0.15, 0.2) is 0 Å². The first kappa shape index (κ1) is 9.66. The van der Waals surface area contributed by atoms with E-state index >= 15 is 0 Å². The van der Waals surface area contributed by atoms with Crippen molar-refractivity contribution in [1.82, 2.24) is 14.7 Å². The average Bonchev–Trinajstić information content (AvgIpc) is 2.59.